The van der Waals surface area contributed by atoms with Crippen molar-refractivity contribution in [2.75, 3.05) is 24.5 Å². The minimum absolute atomic E-state index is 0.0551. The summed E-state index contributed by atoms with van der Waals surface area (Å²) in [5.41, 5.74) is 4.82. The third-order valence-corrected chi connectivity index (χ3v) is 5.74. The van der Waals surface area contributed by atoms with Crippen molar-refractivity contribution >= 4 is 28.9 Å². The monoisotopic (exact) mass is 449 g/mol. The number of thiazole rings is 1. The van der Waals surface area contributed by atoms with Gasteiger partial charge in [0, 0.05) is 41.9 Å². The largest absolute Gasteiger partial charge is 0.372 e. The first-order valence-corrected chi connectivity index (χ1v) is 11.3. The minimum atomic E-state index is -0.404. The summed E-state index contributed by atoms with van der Waals surface area (Å²) in [5.74, 6) is 0. The number of nitro benzene ring substituents is 1. The molecule has 0 aliphatic carbocycles. The van der Waals surface area contributed by atoms with Crippen LogP contribution in [0.25, 0.3) is 11.3 Å². The van der Waals surface area contributed by atoms with E-state index >= 15 is 0 Å². The van der Waals surface area contributed by atoms with Gasteiger partial charge in [0.2, 0.25) is 4.80 Å². The Kier molecular flexibility index (Phi) is 7.72. The molecule has 166 valence electrons. The number of nitrogens with zero attached hydrogens (tertiary/aromatic N) is 5. The van der Waals surface area contributed by atoms with Gasteiger partial charge in [-0.3, -0.25) is 15.1 Å². The van der Waals surface area contributed by atoms with Gasteiger partial charge in [0.1, 0.15) is 0 Å². The van der Waals surface area contributed by atoms with Crippen LogP contribution in [-0.4, -0.2) is 35.4 Å². The lowest BCUT2D eigenvalue weighted by molar-refractivity contribution is -0.384. The highest BCUT2D eigenvalue weighted by molar-refractivity contribution is 7.07. The Morgan fingerprint density at radius 1 is 1.16 bits per heavy atom. The second-order valence-corrected chi connectivity index (χ2v) is 8.14. The van der Waals surface area contributed by atoms with Crippen LogP contribution in [0.15, 0.2) is 76.2 Å². The molecule has 0 aliphatic rings. The second kappa shape index (κ2) is 10.7. The lowest BCUT2D eigenvalue weighted by Crippen LogP contribution is -2.21. The Balaban J connectivity index is 1.97. The van der Waals surface area contributed by atoms with Crippen LogP contribution in [0.2, 0.25) is 0 Å². The number of non-ortho nitro benzene ring substituents is 1. The normalized spacial score (nSPS) is 11.8. The van der Waals surface area contributed by atoms with Gasteiger partial charge in [-0.15, -0.1) is 11.3 Å². The Bertz CT molecular complexity index is 1170. The summed E-state index contributed by atoms with van der Waals surface area (Å²) in [5, 5.41) is 17.6. The van der Waals surface area contributed by atoms with E-state index in [1.165, 1.54) is 29.2 Å². The van der Waals surface area contributed by atoms with Crippen molar-refractivity contribution in [3.63, 3.8) is 0 Å². The number of hydrogen-bond acceptors (Lipinski definition) is 6. The summed E-state index contributed by atoms with van der Waals surface area (Å²) >= 11 is 1.47. The van der Waals surface area contributed by atoms with Crippen LogP contribution in [0.4, 0.5) is 11.4 Å². The molecule has 3 aromatic rings. The average molecular weight is 450 g/mol. The second-order valence-electron chi connectivity index (χ2n) is 7.30. The first-order valence-electron chi connectivity index (χ1n) is 10.4. The predicted molar refractivity (Wildman–Crippen MR) is 133 cm³/mol. The van der Waals surface area contributed by atoms with Crippen LogP contribution in [-0.2, 0) is 0 Å². The summed E-state index contributed by atoms with van der Waals surface area (Å²) in [4.78, 5) is 18.2. The Labute approximate surface area is 191 Å². The van der Waals surface area contributed by atoms with Gasteiger partial charge in [0.05, 0.1) is 23.4 Å². The number of aromatic nitrogens is 1. The number of hydrogen-bond donors (Lipinski definition) is 0. The van der Waals surface area contributed by atoms with E-state index in [9.17, 15) is 10.1 Å². The fraction of sp³-hybridized carbons (Fsp3) is 0.250. The molecule has 0 saturated carbocycles. The molecule has 1 aromatic heterocycles. The standard InChI is InChI=1S/C24H27N5O2S/c1-5-27(6-2)21-11-7-19(8-12-21)16-26-28-23(17-32-24(28)25-15-18(3)4)20-9-13-22(14-10-20)29(30)31/h7-14,16-17H,3,5-6,15H2,1-2,4H3. The third-order valence-electron chi connectivity index (χ3n) is 4.89. The van der Waals surface area contributed by atoms with Gasteiger partial charge in [-0.25, -0.2) is 4.68 Å². The van der Waals surface area contributed by atoms with Crippen molar-refractivity contribution in [2.24, 2.45) is 10.1 Å². The van der Waals surface area contributed by atoms with E-state index in [1.807, 2.05) is 24.4 Å². The van der Waals surface area contributed by atoms with Crippen molar-refractivity contribution in [1.82, 2.24) is 4.68 Å². The summed E-state index contributed by atoms with van der Waals surface area (Å²) in [6.45, 7) is 12.6. The molecule has 3 rings (SSSR count). The summed E-state index contributed by atoms with van der Waals surface area (Å²) in [6, 6.07) is 14.7. The zero-order valence-corrected chi connectivity index (χ0v) is 19.4. The quantitative estimate of drug-likeness (QED) is 0.192. The highest BCUT2D eigenvalue weighted by Crippen LogP contribution is 2.23. The van der Waals surface area contributed by atoms with Crippen LogP contribution in [0.3, 0.4) is 0 Å². The van der Waals surface area contributed by atoms with Crippen LogP contribution in [0.5, 0.6) is 0 Å². The molecule has 0 amide bonds. The molecule has 32 heavy (non-hydrogen) atoms. The van der Waals surface area contributed by atoms with Gasteiger partial charge in [0.15, 0.2) is 0 Å². The van der Waals surface area contributed by atoms with E-state index in [2.05, 4.69) is 42.5 Å². The number of nitro groups is 1. The molecule has 0 spiro atoms. The highest BCUT2D eigenvalue weighted by Gasteiger charge is 2.10. The topological polar surface area (TPSA) is 76.0 Å². The van der Waals surface area contributed by atoms with E-state index in [0.717, 1.165) is 40.3 Å². The Morgan fingerprint density at radius 2 is 1.81 bits per heavy atom. The van der Waals surface area contributed by atoms with Gasteiger partial charge in [-0.05, 0) is 50.6 Å². The van der Waals surface area contributed by atoms with Crippen molar-refractivity contribution in [1.29, 1.82) is 0 Å². The molecule has 1 heterocycles. The van der Waals surface area contributed by atoms with Crippen molar-refractivity contribution in [3.8, 4) is 11.3 Å². The van der Waals surface area contributed by atoms with E-state index < -0.39 is 4.92 Å². The SMILES string of the molecule is C=C(C)CN=c1scc(-c2ccc([N+](=O)[O-])cc2)n1N=Cc1ccc(N(CC)CC)cc1. The first kappa shape index (κ1) is 23.1. The first-order chi connectivity index (χ1) is 15.4. The van der Waals surface area contributed by atoms with E-state index in [4.69, 9.17) is 5.10 Å². The van der Waals surface area contributed by atoms with Crippen molar-refractivity contribution in [3.05, 3.63) is 86.5 Å². The molecular formula is C24H27N5O2S. The van der Waals surface area contributed by atoms with Gasteiger partial charge < -0.3 is 4.90 Å². The fourth-order valence-corrected chi connectivity index (χ4v) is 4.00. The van der Waals surface area contributed by atoms with Crippen LogP contribution in [0, 0.1) is 10.1 Å². The number of anilines is 1. The van der Waals surface area contributed by atoms with E-state index in [0.29, 0.717) is 6.54 Å². The minimum Gasteiger partial charge on any atom is -0.372 e. The summed E-state index contributed by atoms with van der Waals surface area (Å²) < 4.78 is 1.77. The molecule has 0 atom stereocenters. The fourth-order valence-electron chi connectivity index (χ4n) is 3.16. The molecule has 0 aliphatic heterocycles. The average Bonchev–Trinajstić information content (AvgIpc) is 3.20. The van der Waals surface area contributed by atoms with Crippen molar-refractivity contribution < 1.29 is 4.92 Å². The smallest absolute Gasteiger partial charge is 0.269 e. The molecule has 0 radical (unpaired) electrons. The lowest BCUT2D eigenvalue weighted by Gasteiger charge is -2.20. The van der Waals surface area contributed by atoms with Crippen LogP contribution in [0.1, 0.15) is 26.3 Å². The van der Waals surface area contributed by atoms with Crippen LogP contribution < -0.4 is 9.70 Å². The third kappa shape index (κ3) is 5.59. The number of rotatable bonds is 9. The molecule has 0 N–H and O–H groups in total. The summed E-state index contributed by atoms with van der Waals surface area (Å²) in [6.07, 6.45) is 1.80. The maximum atomic E-state index is 11.0. The van der Waals surface area contributed by atoms with E-state index in [-0.39, 0.29) is 5.69 Å². The molecule has 7 nitrogen and oxygen atoms in total. The maximum absolute atomic E-state index is 11.0. The predicted octanol–water partition coefficient (Wildman–Crippen LogP) is 5.33. The van der Waals surface area contributed by atoms with Crippen LogP contribution >= 0.6 is 11.3 Å². The molecule has 0 bridgehead atoms. The summed E-state index contributed by atoms with van der Waals surface area (Å²) in [7, 11) is 0. The molecule has 0 unspecified atom stereocenters. The van der Waals surface area contributed by atoms with Gasteiger partial charge in [-0.1, -0.05) is 24.3 Å². The lowest BCUT2D eigenvalue weighted by atomic mass is 10.1. The molecule has 0 saturated heterocycles. The molecule has 2 aromatic carbocycles. The van der Waals surface area contributed by atoms with Crippen molar-refractivity contribution in [2.45, 2.75) is 20.8 Å². The van der Waals surface area contributed by atoms with Gasteiger partial charge in [0.25, 0.3) is 5.69 Å². The van der Waals surface area contributed by atoms with Gasteiger partial charge in [-0.2, -0.15) is 5.10 Å². The zero-order valence-electron chi connectivity index (χ0n) is 18.6. The Hall–Kier alpha value is -3.52. The maximum Gasteiger partial charge on any atom is 0.269 e. The Morgan fingerprint density at radius 3 is 2.38 bits per heavy atom. The highest BCUT2D eigenvalue weighted by atomic mass is 32.1. The molecule has 8 heteroatoms. The number of benzene rings is 2. The molecular weight excluding hydrogens is 422 g/mol. The van der Waals surface area contributed by atoms with E-state index in [1.54, 1.807) is 23.0 Å². The molecule has 0 fully saturated rings. The zero-order chi connectivity index (χ0) is 23.1. The van der Waals surface area contributed by atoms with Gasteiger partial charge >= 0.3 is 0 Å².